The fourth-order valence-corrected chi connectivity index (χ4v) is 4.54. The molecule has 1 heterocycles. The zero-order valence-electron chi connectivity index (χ0n) is 19.3. The average molecular weight is 569 g/mol. The molecule has 36 heavy (non-hydrogen) atoms. The molecule has 4 rings (SSSR count). The van der Waals surface area contributed by atoms with E-state index in [4.69, 9.17) is 15.2 Å². The second kappa shape index (κ2) is 10.5. The lowest BCUT2D eigenvalue weighted by molar-refractivity contribution is -0.190. The van der Waals surface area contributed by atoms with E-state index in [9.17, 15) is 22.8 Å². The molecule has 0 saturated heterocycles. The van der Waals surface area contributed by atoms with Crippen LogP contribution >= 0.6 is 15.9 Å². The maximum atomic E-state index is 13.4. The predicted octanol–water partition coefficient (Wildman–Crippen LogP) is 4.94. The van der Waals surface area contributed by atoms with Crippen molar-refractivity contribution in [1.82, 2.24) is 4.57 Å². The van der Waals surface area contributed by atoms with Crippen molar-refractivity contribution in [2.45, 2.75) is 50.6 Å². The topological polar surface area (TPSA) is 92.8 Å². The number of ether oxygens (including phenoxy) is 3. The molecule has 1 aromatic heterocycles. The standard InChI is InChI=1S/C25H24BrF3N2O5/c1-34-17-6-2-14(3-7-17)13-31-22(36-24(33)25(27,28)29)11-15-10-21(20(26)12-19(15)23(31)32)35-18-8-4-16(30)5-9-18/h2-3,6-7,10-12,16,18H,4-5,8-9,13,30H2,1H3. The van der Waals surface area contributed by atoms with Gasteiger partial charge in [0.1, 0.15) is 11.5 Å². The molecule has 0 unspecified atom stereocenters. The molecule has 1 aliphatic carbocycles. The van der Waals surface area contributed by atoms with Crippen molar-refractivity contribution < 1.29 is 32.2 Å². The summed E-state index contributed by atoms with van der Waals surface area (Å²) >= 11 is 3.44. The third-order valence-electron chi connectivity index (χ3n) is 6.07. The minimum atomic E-state index is -5.23. The second-order valence-electron chi connectivity index (χ2n) is 8.63. The number of halogens is 4. The number of aromatic nitrogens is 1. The number of esters is 1. The van der Waals surface area contributed by atoms with Crippen molar-refractivity contribution in [2.24, 2.45) is 5.73 Å². The lowest BCUT2D eigenvalue weighted by atomic mass is 9.94. The van der Waals surface area contributed by atoms with Crippen molar-refractivity contribution in [3.63, 3.8) is 0 Å². The van der Waals surface area contributed by atoms with Gasteiger partial charge in [0.15, 0.2) is 0 Å². The molecule has 2 aromatic carbocycles. The highest BCUT2D eigenvalue weighted by atomic mass is 79.9. The number of hydrogen-bond acceptors (Lipinski definition) is 6. The highest BCUT2D eigenvalue weighted by molar-refractivity contribution is 9.10. The minimum Gasteiger partial charge on any atom is -0.497 e. The van der Waals surface area contributed by atoms with Crippen LogP contribution in [0.2, 0.25) is 0 Å². The fraction of sp³-hybridized carbons (Fsp3) is 0.360. The lowest BCUT2D eigenvalue weighted by Crippen LogP contribution is -2.32. The number of nitrogens with two attached hydrogens (primary N) is 1. The molecule has 7 nitrogen and oxygen atoms in total. The van der Waals surface area contributed by atoms with Crippen LogP contribution in [0.15, 0.2) is 51.7 Å². The first-order valence-corrected chi connectivity index (χ1v) is 12.1. The Hall–Kier alpha value is -3.05. The Morgan fingerprint density at radius 2 is 1.78 bits per heavy atom. The van der Waals surface area contributed by atoms with Gasteiger partial charge in [-0.3, -0.25) is 9.36 Å². The van der Waals surface area contributed by atoms with Gasteiger partial charge in [0, 0.05) is 17.5 Å². The fourth-order valence-electron chi connectivity index (χ4n) is 4.11. The van der Waals surface area contributed by atoms with Gasteiger partial charge in [-0.25, -0.2) is 4.79 Å². The third kappa shape index (κ3) is 5.84. The van der Waals surface area contributed by atoms with Crippen molar-refractivity contribution >= 4 is 32.7 Å². The first-order chi connectivity index (χ1) is 17.0. The molecule has 0 bridgehead atoms. The number of pyridine rings is 1. The summed E-state index contributed by atoms with van der Waals surface area (Å²) in [5.41, 5.74) is 5.92. The SMILES string of the molecule is COc1ccc(Cn2c(OC(=O)C(F)(F)F)cc3cc(OC4CCC(N)CC4)c(Br)cc3c2=O)cc1. The van der Waals surface area contributed by atoms with Gasteiger partial charge >= 0.3 is 12.1 Å². The molecule has 2 N–H and O–H groups in total. The van der Waals surface area contributed by atoms with Gasteiger partial charge in [-0.05, 0) is 76.8 Å². The Labute approximate surface area is 213 Å². The molecule has 3 aromatic rings. The smallest absolute Gasteiger partial charge is 0.491 e. The molecule has 0 spiro atoms. The van der Waals surface area contributed by atoms with Crippen LogP contribution in [-0.4, -0.2) is 36.0 Å². The highest BCUT2D eigenvalue weighted by Gasteiger charge is 2.42. The molecular weight excluding hydrogens is 545 g/mol. The highest BCUT2D eigenvalue weighted by Crippen LogP contribution is 2.34. The van der Waals surface area contributed by atoms with Crippen molar-refractivity contribution in [2.75, 3.05) is 7.11 Å². The summed E-state index contributed by atoms with van der Waals surface area (Å²) in [6.45, 7) is -0.128. The summed E-state index contributed by atoms with van der Waals surface area (Å²) in [6.07, 6.45) is -2.12. The van der Waals surface area contributed by atoms with Gasteiger partial charge in [0.25, 0.3) is 5.56 Å². The number of methoxy groups -OCH3 is 1. The molecule has 1 aliphatic rings. The number of alkyl halides is 3. The Bertz CT molecular complexity index is 1320. The van der Waals surface area contributed by atoms with E-state index >= 15 is 0 Å². The molecule has 0 amide bonds. The Morgan fingerprint density at radius 3 is 2.39 bits per heavy atom. The van der Waals surface area contributed by atoms with Crippen LogP contribution in [0.25, 0.3) is 10.8 Å². The summed E-state index contributed by atoms with van der Waals surface area (Å²) in [6, 6.07) is 11.1. The Balaban J connectivity index is 1.75. The van der Waals surface area contributed by atoms with E-state index < -0.39 is 23.6 Å². The number of benzene rings is 2. The zero-order chi connectivity index (χ0) is 26.0. The number of carbonyl (C=O) groups excluding carboxylic acids is 1. The molecule has 0 radical (unpaired) electrons. The maximum Gasteiger partial charge on any atom is 0.491 e. The molecule has 192 valence electrons. The average Bonchev–Trinajstić information content (AvgIpc) is 2.84. The monoisotopic (exact) mass is 568 g/mol. The molecule has 1 saturated carbocycles. The Kier molecular flexibility index (Phi) is 7.60. The van der Waals surface area contributed by atoms with Gasteiger partial charge in [0.05, 0.1) is 24.2 Å². The first kappa shape index (κ1) is 26.0. The van der Waals surface area contributed by atoms with E-state index in [1.807, 2.05) is 0 Å². The summed E-state index contributed by atoms with van der Waals surface area (Å²) < 4.78 is 56.3. The van der Waals surface area contributed by atoms with Gasteiger partial charge in [-0.15, -0.1) is 0 Å². The minimum absolute atomic E-state index is 0.0727. The summed E-state index contributed by atoms with van der Waals surface area (Å²) in [5.74, 6) is -1.94. The number of nitrogens with zero attached hydrogens (tertiary/aromatic N) is 1. The largest absolute Gasteiger partial charge is 0.497 e. The predicted molar refractivity (Wildman–Crippen MR) is 131 cm³/mol. The summed E-state index contributed by atoms with van der Waals surface area (Å²) in [5, 5.41) is 0.502. The van der Waals surface area contributed by atoms with E-state index in [2.05, 4.69) is 20.7 Å². The zero-order valence-corrected chi connectivity index (χ0v) is 20.9. The van der Waals surface area contributed by atoms with E-state index in [1.54, 1.807) is 36.4 Å². The van der Waals surface area contributed by atoms with Crippen LogP contribution in [0.4, 0.5) is 13.2 Å². The second-order valence-corrected chi connectivity index (χ2v) is 9.49. The van der Waals surface area contributed by atoms with Gasteiger partial charge in [0.2, 0.25) is 5.88 Å². The van der Waals surface area contributed by atoms with Crippen molar-refractivity contribution in [1.29, 1.82) is 0 Å². The van der Waals surface area contributed by atoms with Gasteiger partial charge in [-0.1, -0.05) is 12.1 Å². The Morgan fingerprint density at radius 1 is 1.11 bits per heavy atom. The van der Waals surface area contributed by atoms with Crippen LogP contribution in [0.5, 0.6) is 17.4 Å². The summed E-state index contributed by atoms with van der Waals surface area (Å²) in [4.78, 5) is 25.0. The van der Waals surface area contributed by atoms with Crippen molar-refractivity contribution in [3.05, 3.63) is 62.9 Å². The maximum absolute atomic E-state index is 13.4. The van der Waals surface area contributed by atoms with E-state index in [0.29, 0.717) is 21.5 Å². The number of fused-ring (bicyclic) bond motifs is 1. The number of hydrogen-bond donors (Lipinski definition) is 1. The molecular formula is C25H24BrF3N2O5. The van der Waals surface area contributed by atoms with Crippen LogP contribution in [0.3, 0.4) is 0 Å². The van der Waals surface area contributed by atoms with Crippen LogP contribution in [0, 0.1) is 0 Å². The van der Waals surface area contributed by atoms with E-state index in [1.165, 1.54) is 13.2 Å². The quantitative estimate of drug-likeness (QED) is 0.423. The molecule has 0 aliphatic heterocycles. The lowest BCUT2D eigenvalue weighted by Gasteiger charge is -2.27. The van der Waals surface area contributed by atoms with Crippen molar-refractivity contribution in [3.8, 4) is 17.4 Å². The van der Waals surface area contributed by atoms with E-state index in [0.717, 1.165) is 30.3 Å². The number of rotatable bonds is 6. The van der Waals surface area contributed by atoms with Crippen LogP contribution in [-0.2, 0) is 11.3 Å². The summed E-state index contributed by atoms with van der Waals surface area (Å²) in [7, 11) is 1.50. The molecule has 0 atom stereocenters. The van der Waals surface area contributed by atoms with Crippen LogP contribution in [0.1, 0.15) is 31.2 Å². The third-order valence-corrected chi connectivity index (χ3v) is 6.69. The van der Waals surface area contributed by atoms with Gasteiger partial charge < -0.3 is 19.9 Å². The first-order valence-electron chi connectivity index (χ1n) is 11.3. The van der Waals surface area contributed by atoms with Crippen LogP contribution < -0.4 is 25.5 Å². The number of carbonyl (C=O) groups is 1. The molecule has 11 heteroatoms. The molecule has 1 fully saturated rings. The van der Waals surface area contributed by atoms with Gasteiger partial charge in [-0.2, -0.15) is 13.2 Å². The normalized spacial score (nSPS) is 18.2. The van der Waals surface area contributed by atoms with E-state index in [-0.39, 0.29) is 29.5 Å².